The summed E-state index contributed by atoms with van der Waals surface area (Å²) >= 11 is 1.59. The van der Waals surface area contributed by atoms with E-state index >= 15 is 0 Å². The predicted octanol–water partition coefficient (Wildman–Crippen LogP) is 3.23. The first-order chi connectivity index (χ1) is 11.1. The molecule has 0 saturated carbocycles. The normalized spacial score (nSPS) is 16.5. The van der Waals surface area contributed by atoms with Crippen molar-refractivity contribution in [1.82, 2.24) is 15.2 Å². The highest BCUT2D eigenvalue weighted by Crippen LogP contribution is 2.30. The Kier molecular flexibility index (Phi) is 4.66. The molecular formula is C18H23N3OS. The molecule has 2 heterocycles. The lowest BCUT2D eigenvalue weighted by Crippen LogP contribution is -2.45. The van der Waals surface area contributed by atoms with Crippen LogP contribution >= 0.6 is 11.3 Å². The molecule has 0 spiro atoms. The van der Waals surface area contributed by atoms with Gasteiger partial charge in [0.05, 0.1) is 11.2 Å². The molecule has 0 aliphatic carbocycles. The Morgan fingerprint density at radius 2 is 2.22 bits per heavy atom. The van der Waals surface area contributed by atoms with Gasteiger partial charge in [0.1, 0.15) is 0 Å². The van der Waals surface area contributed by atoms with Gasteiger partial charge in [0.15, 0.2) is 0 Å². The SMILES string of the molecule is CC1(C)CN(C(=O)NCCc2cscn2)CCc2ccccc21. The van der Waals surface area contributed by atoms with Gasteiger partial charge in [-0.3, -0.25) is 0 Å². The third kappa shape index (κ3) is 3.72. The van der Waals surface area contributed by atoms with E-state index in [0.717, 1.165) is 31.6 Å². The molecule has 5 heteroatoms. The summed E-state index contributed by atoms with van der Waals surface area (Å²) in [6.45, 7) is 6.57. The number of carbonyl (C=O) groups is 1. The van der Waals surface area contributed by atoms with Crippen LogP contribution in [0.4, 0.5) is 4.79 Å². The van der Waals surface area contributed by atoms with Crippen molar-refractivity contribution in [3.63, 3.8) is 0 Å². The van der Waals surface area contributed by atoms with Crippen molar-refractivity contribution in [3.05, 3.63) is 52.0 Å². The molecule has 0 radical (unpaired) electrons. The Labute approximate surface area is 141 Å². The molecule has 3 rings (SSSR count). The maximum absolute atomic E-state index is 12.5. The number of urea groups is 1. The van der Waals surface area contributed by atoms with Gasteiger partial charge in [-0.2, -0.15) is 0 Å². The first kappa shape index (κ1) is 16.0. The van der Waals surface area contributed by atoms with E-state index in [-0.39, 0.29) is 11.4 Å². The Hall–Kier alpha value is -1.88. The van der Waals surface area contributed by atoms with E-state index in [1.54, 1.807) is 11.3 Å². The Balaban J connectivity index is 1.62. The highest BCUT2D eigenvalue weighted by molar-refractivity contribution is 7.07. The Bertz CT molecular complexity index is 667. The molecular weight excluding hydrogens is 306 g/mol. The van der Waals surface area contributed by atoms with Gasteiger partial charge in [0, 0.05) is 36.9 Å². The highest BCUT2D eigenvalue weighted by Gasteiger charge is 2.31. The summed E-state index contributed by atoms with van der Waals surface area (Å²) in [6, 6.07) is 8.57. The van der Waals surface area contributed by atoms with Crippen LogP contribution in [0.15, 0.2) is 35.2 Å². The van der Waals surface area contributed by atoms with Gasteiger partial charge in [-0.15, -0.1) is 11.3 Å². The summed E-state index contributed by atoms with van der Waals surface area (Å²) in [5, 5.41) is 5.06. The Morgan fingerprint density at radius 1 is 1.39 bits per heavy atom. The zero-order chi connectivity index (χ0) is 16.3. The van der Waals surface area contributed by atoms with Crippen molar-refractivity contribution < 1.29 is 4.79 Å². The molecule has 122 valence electrons. The molecule has 23 heavy (non-hydrogen) atoms. The van der Waals surface area contributed by atoms with E-state index in [1.807, 2.05) is 15.8 Å². The van der Waals surface area contributed by atoms with E-state index in [0.29, 0.717) is 6.54 Å². The minimum atomic E-state index is -0.0284. The number of thiazole rings is 1. The summed E-state index contributed by atoms with van der Waals surface area (Å²) in [5.74, 6) is 0. The first-order valence-electron chi connectivity index (χ1n) is 8.04. The fraction of sp³-hybridized carbons (Fsp3) is 0.444. The van der Waals surface area contributed by atoms with Gasteiger partial charge in [-0.1, -0.05) is 38.1 Å². The molecule has 1 aromatic carbocycles. The molecule has 1 aliphatic rings. The van der Waals surface area contributed by atoms with Crippen molar-refractivity contribution in [2.24, 2.45) is 0 Å². The van der Waals surface area contributed by atoms with Crippen LogP contribution in [0.25, 0.3) is 0 Å². The summed E-state index contributed by atoms with van der Waals surface area (Å²) < 4.78 is 0. The van der Waals surface area contributed by atoms with Crippen LogP contribution in [-0.4, -0.2) is 35.5 Å². The number of carbonyl (C=O) groups excluding carboxylic acids is 1. The number of fused-ring (bicyclic) bond motifs is 1. The summed E-state index contributed by atoms with van der Waals surface area (Å²) in [6.07, 6.45) is 1.70. The number of hydrogen-bond acceptors (Lipinski definition) is 3. The second-order valence-corrected chi connectivity index (χ2v) is 7.39. The minimum Gasteiger partial charge on any atom is -0.338 e. The smallest absolute Gasteiger partial charge is 0.317 e. The quantitative estimate of drug-likeness (QED) is 0.939. The van der Waals surface area contributed by atoms with Crippen molar-refractivity contribution in [2.75, 3.05) is 19.6 Å². The molecule has 2 amide bonds. The molecule has 2 aromatic rings. The summed E-state index contributed by atoms with van der Waals surface area (Å²) in [7, 11) is 0. The maximum Gasteiger partial charge on any atom is 0.317 e. The minimum absolute atomic E-state index is 0.0284. The van der Waals surface area contributed by atoms with E-state index in [4.69, 9.17) is 0 Å². The second-order valence-electron chi connectivity index (χ2n) is 6.67. The second kappa shape index (κ2) is 6.71. The van der Waals surface area contributed by atoms with E-state index in [1.165, 1.54) is 11.1 Å². The number of nitrogens with zero attached hydrogens (tertiary/aromatic N) is 2. The third-order valence-electron chi connectivity index (χ3n) is 4.41. The lowest BCUT2D eigenvalue weighted by Gasteiger charge is -2.31. The van der Waals surface area contributed by atoms with Crippen LogP contribution in [0.5, 0.6) is 0 Å². The topological polar surface area (TPSA) is 45.2 Å². The number of aromatic nitrogens is 1. The standard InChI is InChI=1S/C18H23N3OS/c1-18(2)12-21(10-8-14-5-3-4-6-16(14)18)17(22)19-9-7-15-11-23-13-20-15/h3-6,11,13H,7-10,12H2,1-2H3,(H,19,22). The monoisotopic (exact) mass is 329 g/mol. The number of hydrogen-bond donors (Lipinski definition) is 1. The summed E-state index contributed by atoms with van der Waals surface area (Å²) in [4.78, 5) is 18.7. The molecule has 0 fully saturated rings. The van der Waals surface area contributed by atoms with Crippen molar-refractivity contribution in [2.45, 2.75) is 32.1 Å². The molecule has 1 N–H and O–H groups in total. The Morgan fingerprint density at radius 3 is 3.00 bits per heavy atom. The molecule has 0 bridgehead atoms. The average Bonchev–Trinajstić information content (AvgIpc) is 3.00. The average molecular weight is 329 g/mol. The fourth-order valence-corrected chi connectivity index (χ4v) is 3.83. The molecule has 1 aromatic heterocycles. The number of rotatable bonds is 3. The zero-order valence-electron chi connectivity index (χ0n) is 13.7. The zero-order valence-corrected chi connectivity index (χ0v) is 14.5. The van der Waals surface area contributed by atoms with Gasteiger partial charge in [-0.05, 0) is 17.5 Å². The van der Waals surface area contributed by atoms with Crippen molar-refractivity contribution in [3.8, 4) is 0 Å². The van der Waals surface area contributed by atoms with Gasteiger partial charge in [0.2, 0.25) is 0 Å². The van der Waals surface area contributed by atoms with E-state index < -0.39 is 0 Å². The molecule has 0 saturated heterocycles. The van der Waals surface area contributed by atoms with Crippen LogP contribution in [0, 0.1) is 0 Å². The summed E-state index contributed by atoms with van der Waals surface area (Å²) in [5.41, 5.74) is 5.55. The highest BCUT2D eigenvalue weighted by atomic mass is 32.1. The lowest BCUT2D eigenvalue weighted by atomic mass is 9.82. The number of amides is 2. The van der Waals surface area contributed by atoms with Gasteiger partial charge in [0.25, 0.3) is 0 Å². The van der Waals surface area contributed by atoms with Gasteiger partial charge in [-0.25, -0.2) is 9.78 Å². The maximum atomic E-state index is 12.5. The van der Waals surface area contributed by atoms with Crippen LogP contribution in [-0.2, 0) is 18.3 Å². The van der Waals surface area contributed by atoms with Crippen LogP contribution in [0.3, 0.4) is 0 Å². The lowest BCUT2D eigenvalue weighted by molar-refractivity contribution is 0.189. The van der Waals surface area contributed by atoms with Crippen molar-refractivity contribution >= 4 is 17.4 Å². The largest absolute Gasteiger partial charge is 0.338 e. The third-order valence-corrected chi connectivity index (χ3v) is 5.05. The number of benzene rings is 1. The molecule has 1 aliphatic heterocycles. The van der Waals surface area contributed by atoms with E-state index in [9.17, 15) is 4.79 Å². The molecule has 0 unspecified atom stereocenters. The molecule has 4 nitrogen and oxygen atoms in total. The van der Waals surface area contributed by atoms with E-state index in [2.05, 4.69) is 48.4 Å². The van der Waals surface area contributed by atoms with Crippen LogP contribution < -0.4 is 5.32 Å². The number of nitrogens with one attached hydrogen (secondary N) is 1. The van der Waals surface area contributed by atoms with Crippen LogP contribution in [0.2, 0.25) is 0 Å². The van der Waals surface area contributed by atoms with Gasteiger partial charge >= 0.3 is 6.03 Å². The van der Waals surface area contributed by atoms with Crippen molar-refractivity contribution in [1.29, 1.82) is 0 Å². The predicted molar refractivity (Wildman–Crippen MR) is 94.0 cm³/mol. The first-order valence-corrected chi connectivity index (χ1v) is 8.99. The van der Waals surface area contributed by atoms with Crippen LogP contribution in [0.1, 0.15) is 30.7 Å². The molecule has 0 atom stereocenters. The van der Waals surface area contributed by atoms with Gasteiger partial charge < -0.3 is 10.2 Å². The fourth-order valence-electron chi connectivity index (χ4n) is 3.24.